The average molecular weight is 318 g/mol. The van der Waals surface area contributed by atoms with Crippen molar-refractivity contribution in [2.75, 3.05) is 13.3 Å². The summed E-state index contributed by atoms with van der Waals surface area (Å²) in [6.07, 6.45) is 0.998. The zero-order valence-electron chi connectivity index (χ0n) is 13.5. The largest absolute Gasteiger partial charge is 0.454 e. The molecule has 2 heterocycles. The van der Waals surface area contributed by atoms with Crippen LogP contribution in [0.25, 0.3) is 0 Å². The minimum atomic E-state index is -0.383. The third kappa shape index (κ3) is 3.41. The van der Waals surface area contributed by atoms with Gasteiger partial charge in [-0.15, -0.1) is 0 Å². The number of amides is 2. The van der Waals surface area contributed by atoms with E-state index in [1.807, 2.05) is 32.0 Å². The Bertz CT molecular complexity index is 615. The van der Waals surface area contributed by atoms with Crippen LogP contribution in [0, 0.1) is 5.92 Å². The number of hydrogen-bond donors (Lipinski definition) is 1. The van der Waals surface area contributed by atoms with Gasteiger partial charge in [-0.1, -0.05) is 19.9 Å². The van der Waals surface area contributed by atoms with E-state index in [0.29, 0.717) is 43.3 Å². The van der Waals surface area contributed by atoms with Crippen LogP contribution >= 0.6 is 0 Å². The van der Waals surface area contributed by atoms with Crippen LogP contribution in [0.1, 0.15) is 32.3 Å². The lowest BCUT2D eigenvalue weighted by molar-refractivity contribution is -0.135. The Morgan fingerprint density at radius 2 is 2.13 bits per heavy atom. The molecule has 2 aliphatic rings. The minimum Gasteiger partial charge on any atom is -0.454 e. The summed E-state index contributed by atoms with van der Waals surface area (Å²) in [6, 6.07) is 5.23. The lowest BCUT2D eigenvalue weighted by Gasteiger charge is -2.24. The number of likely N-dealkylation sites (tertiary alicyclic amines) is 1. The molecule has 1 N–H and O–H groups in total. The fourth-order valence-corrected chi connectivity index (χ4v) is 2.86. The zero-order valence-corrected chi connectivity index (χ0v) is 13.5. The predicted octanol–water partition coefficient (Wildman–Crippen LogP) is 1.68. The van der Waals surface area contributed by atoms with Crippen molar-refractivity contribution in [3.8, 4) is 11.5 Å². The van der Waals surface area contributed by atoms with Crippen molar-refractivity contribution in [1.82, 2.24) is 10.2 Å². The number of nitrogens with one attached hydrogen (secondary N) is 1. The van der Waals surface area contributed by atoms with Crippen molar-refractivity contribution in [3.05, 3.63) is 23.8 Å². The zero-order chi connectivity index (χ0) is 16.4. The maximum absolute atomic E-state index is 12.3. The first-order valence-corrected chi connectivity index (χ1v) is 8.00. The lowest BCUT2D eigenvalue weighted by Crippen LogP contribution is -2.45. The van der Waals surface area contributed by atoms with E-state index in [9.17, 15) is 9.59 Å². The van der Waals surface area contributed by atoms with Crippen molar-refractivity contribution < 1.29 is 19.1 Å². The van der Waals surface area contributed by atoms with Crippen LogP contribution in [0.4, 0.5) is 0 Å². The molecule has 2 amide bonds. The first-order chi connectivity index (χ1) is 11.0. The Labute approximate surface area is 135 Å². The quantitative estimate of drug-likeness (QED) is 0.897. The van der Waals surface area contributed by atoms with Gasteiger partial charge in [0, 0.05) is 19.5 Å². The average Bonchev–Trinajstić information content (AvgIpc) is 3.12. The highest BCUT2D eigenvalue weighted by atomic mass is 16.7. The van der Waals surface area contributed by atoms with Crippen LogP contribution < -0.4 is 14.8 Å². The van der Waals surface area contributed by atoms with Gasteiger partial charge in [0.25, 0.3) is 0 Å². The Kier molecular flexibility index (Phi) is 4.41. The Hall–Kier alpha value is -2.24. The molecule has 124 valence electrons. The second-order valence-corrected chi connectivity index (χ2v) is 6.40. The number of benzene rings is 1. The number of hydrogen-bond acceptors (Lipinski definition) is 4. The molecule has 0 aromatic heterocycles. The van der Waals surface area contributed by atoms with Crippen molar-refractivity contribution in [2.24, 2.45) is 5.92 Å². The molecule has 0 bridgehead atoms. The highest BCUT2D eigenvalue weighted by Crippen LogP contribution is 2.33. The van der Waals surface area contributed by atoms with Gasteiger partial charge in [0.15, 0.2) is 11.5 Å². The van der Waals surface area contributed by atoms with Gasteiger partial charge in [0.1, 0.15) is 6.04 Å². The number of nitrogens with zero attached hydrogens (tertiary/aromatic N) is 1. The first kappa shape index (κ1) is 15.6. The van der Waals surface area contributed by atoms with Crippen molar-refractivity contribution >= 4 is 11.8 Å². The van der Waals surface area contributed by atoms with E-state index in [4.69, 9.17) is 9.47 Å². The molecule has 1 fully saturated rings. The van der Waals surface area contributed by atoms with E-state index in [-0.39, 0.29) is 24.6 Å². The number of carbonyl (C=O) groups is 2. The SMILES string of the molecule is CC(C)CNC(=O)C1CCC(=O)N1Cc1ccc2c(c1)OCO2. The van der Waals surface area contributed by atoms with E-state index in [1.165, 1.54) is 0 Å². The molecule has 6 heteroatoms. The highest BCUT2D eigenvalue weighted by molar-refractivity contribution is 5.90. The van der Waals surface area contributed by atoms with Gasteiger partial charge in [0.2, 0.25) is 18.6 Å². The molecule has 1 saturated heterocycles. The maximum atomic E-state index is 12.3. The molecule has 0 aliphatic carbocycles. The molecule has 23 heavy (non-hydrogen) atoms. The fourth-order valence-electron chi connectivity index (χ4n) is 2.86. The van der Waals surface area contributed by atoms with Gasteiger partial charge >= 0.3 is 0 Å². The van der Waals surface area contributed by atoms with Gasteiger partial charge in [-0.3, -0.25) is 9.59 Å². The molecule has 6 nitrogen and oxygen atoms in total. The minimum absolute atomic E-state index is 0.0207. The summed E-state index contributed by atoms with van der Waals surface area (Å²) in [6.45, 7) is 5.35. The summed E-state index contributed by atoms with van der Waals surface area (Å²) in [4.78, 5) is 26.1. The molecule has 3 rings (SSSR count). The summed E-state index contributed by atoms with van der Waals surface area (Å²) >= 11 is 0. The third-order valence-corrected chi connectivity index (χ3v) is 4.11. The predicted molar refractivity (Wildman–Crippen MR) is 84.0 cm³/mol. The van der Waals surface area contributed by atoms with Crippen LogP contribution in [0.3, 0.4) is 0 Å². The Morgan fingerprint density at radius 3 is 2.91 bits per heavy atom. The van der Waals surface area contributed by atoms with Gasteiger partial charge in [-0.25, -0.2) is 0 Å². The van der Waals surface area contributed by atoms with E-state index in [1.54, 1.807) is 4.90 Å². The second-order valence-electron chi connectivity index (χ2n) is 6.40. The molecule has 0 spiro atoms. The van der Waals surface area contributed by atoms with Crippen LogP contribution in [0.15, 0.2) is 18.2 Å². The molecule has 0 saturated carbocycles. The Morgan fingerprint density at radius 1 is 1.35 bits per heavy atom. The number of ether oxygens (including phenoxy) is 2. The van der Waals surface area contributed by atoms with Crippen LogP contribution in [-0.2, 0) is 16.1 Å². The van der Waals surface area contributed by atoms with E-state index in [2.05, 4.69) is 5.32 Å². The Balaban J connectivity index is 1.69. The number of carbonyl (C=O) groups excluding carboxylic acids is 2. The topological polar surface area (TPSA) is 67.9 Å². The molecule has 2 aliphatic heterocycles. The summed E-state index contributed by atoms with van der Waals surface area (Å²) in [7, 11) is 0. The maximum Gasteiger partial charge on any atom is 0.242 e. The second kappa shape index (κ2) is 6.48. The molecule has 1 aromatic carbocycles. The van der Waals surface area contributed by atoms with Gasteiger partial charge < -0.3 is 19.7 Å². The van der Waals surface area contributed by atoms with E-state index >= 15 is 0 Å². The summed E-state index contributed by atoms with van der Waals surface area (Å²) in [5.74, 6) is 1.75. The molecule has 1 aromatic rings. The number of fused-ring (bicyclic) bond motifs is 1. The monoisotopic (exact) mass is 318 g/mol. The van der Waals surface area contributed by atoms with Crippen LogP contribution in [-0.4, -0.2) is 36.1 Å². The highest BCUT2D eigenvalue weighted by Gasteiger charge is 2.36. The van der Waals surface area contributed by atoms with Gasteiger partial charge in [-0.2, -0.15) is 0 Å². The van der Waals surface area contributed by atoms with Crippen molar-refractivity contribution in [1.29, 1.82) is 0 Å². The van der Waals surface area contributed by atoms with Crippen molar-refractivity contribution in [2.45, 2.75) is 39.3 Å². The van der Waals surface area contributed by atoms with Gasteiger partial charge in [-0.05, 0) is 30.0 Å². The summed E-state index contributed by atoms with van der Waals surface area (Å²) in [5, 5.41) is 2.92. The third-order valence-electron chi connectivity index (χ3n) is 4.11. The van der Waals surface area contributed by atoms with Crippen LogP contribution in [0.2, 0.25) is 0 Å². The number of rotatable bonds is 5. The van der Waals surface area contributed by atoms with Gasteiger partial charge in [0.05, 0.1) is 0 Å². The van der Waals surface area contributed by atoms with E-state index < -0.39 is 0 Å². The van der Waals surface area contributed by atoms with E-state index in [0.717, 1.165) is 5.56 Å². The fraction of sp³-hybridized carbons (Fsp3) is 0.529. The van der Waals surface area contributed by atoms with Crippen molar-refractivity contribution in [3.63, 3.8) is 0 Å². The van der Waals surface area contributed by atoms with Crippen LogP contribution in [0.5, 0.6) is 11.5 Å². The summed E-state index contributed by atoms with van der Waals surface area (Å²) in [5.41, 5.74) is 0.936. The molecule has 1 atom stereocenters. The molecule has 0 radical (unpaired) electrons. The molecule has 1 unspecified atom stereocenters. The summed E-state index contributed by atoms with van der Waals surface area (Å²) < 4.78 is 10.7. The normalized spacial score (nSPS) is 19.5. The smallest absolute Gasteiger partial charge is 0.242 e. The first-order valence-electron chi connectivity index (χ1n) is 8.00. The standard InChI is InChI=1S/C17H22N2O4/c1-11(2)8-18-17(21)13-4-6-16(20)19(13)9-12-3-5-14-15(7-12)23-10-22-14/h3,5,7,11,13H,4,6,8-10H2,1-2H3,(H,18,21). The lowest BCUT2D eigenvalue weighted by atomic mass is 10.1. The molecular weight excluding hydrogens is 296 g/mol. The molecular formula is C17H22N2O4.